The van der Waals surface area contributed by atoms with Gasteiger partial charge in [0.15, 0.2) is 5.82 Å². The zero-order valence-corrected chi connectivity index (χ0v) is 11.5. The summed E-state index contributed by atoms with van der Waals surface area (Å²) in [5.41, 5.74) is 0. The Labute approximate surface area is 117 Å². The fourth-order valence-corrected chi connectivity index (χ4v) is 2.56. The van der Waals surface area contributed by atoms with E-state index in [0.29, 0.717) is 12.8 Å². The number of rotatable bonds is 5. The van der Waals surface area contributed by atoms with Crippen LogP contribution in [0.5, 0.6) is 0 Å². The first kappa shape index (κ1) is 12.9. The van der Waals surface area contributed by atoms with E-state index in [0.717, 1.165) is 36.8 Å². The van der Waals surface area contributed by atoms with Crippen LogP contribution >= 0.6 is 0 Å². The fourth-order valence-electron chi connectivity index (χ4n) is 2.56. The zero-order valence-electron chi connectivity index (χ0n) is 11.5. The van der Waals surface area contributed by atoms with E-state index in [1.54, 1.807) is 6.26 Å². The molecule has 2 aromatic rings. The standard InChI is InChI=1S/C14H18N4O2/c1-10(14-17-16-12-5-2-8-18(12)14)15-13(19)7-6-11-4-3-9-20-11/h3-4,9-10H,2,5-8H2,1H3,(H,15,19)/t10-/m1/s1. The Morgan fingerprint density at radius 1 is 1.55 bits per heavy atom. The van der Waals surface area contributed by atoms with Crippen LogP contribution in [0.25, 0.3) is 0 Å². The van der Waals surface area contributed by atoms with Crippen molar-refractivity contribution in [1.82, 2.24) is 20.1 Å². The summed E-state index contributed by atoms with van der Waals surface area (Å²) in [4.78, 5) is 11.9. The Kier molecular flexibility index (Phi) is 3.54. The lowest BCUT2D eigenvalue weighted by Gasteiger charge is -2.13. The van der Waals surface area contributed by atoms with Crippen molar-refractivity contribution in [2.45, 2.75) is 45.2 Å². The summed E-state index contributed by atoms with van der Waals surface area (Å²) in [5.74, 6) is 2.71. The molecule has 3 rings (SSSR count). The normalized spacial score (nSPS) is 15.1. The summed E-state index contributed by atoms with van der Waals surface area (Å²) in [6.45, 7) is 2.89. The predicted molar refractivity (Wildman–Crippen MR) is 71.9 cm³/mol. The highest BCUT2D eigenvalue weighted by Crippen LogP contribution is 2.19. The van der Waals surface area contributed by atoms with Crippen molar-refractivity contribution in [1.29, 1.82) is 0 Å². The molecule has 0 spiro atoms. The first-order valence-electron chi connectivity index (χ1n) is 6.98. The molecule has 6 nitrogen and oxygen atoms in total. The van der Waals surface area contributed by atoms with Crippen molar-refractivity contribution < 1.29 is 9.21 Å². The number of hydrogen-bond donors (Lipinski definition) is 1. The monoisotopic (exact) mass is 274 g/mol. The molecule has 6 heteroatoms. The van der Waals surface area contributed by atoms with Crippen LogP contribution in [0.15, 0.2) is 22.8 Å². The molecule has 3 heterocycles. The van der Waals surface area contributed by atoms with Crippen molar-refractivity contribution in [2.24, 2.45) is 0 Å². The Bertz CT molecular complexity index is 588. The van der Waals surface area contributed by atoms with Crippen molar-refractivity contribution in [2.75, 3.05) is 0 Å². The first-order chi connectivity index (χ1) is 9.74. The van der Waals surface area contributed by atoms with Crippen LogP contribution < -0.4 is 5.32 Å². The molecule has 0 bridgehead atoms. The van der Waals surface area contributed by atoms with Crippen LogP contribution in [0.4, 0.5) is 0 Å². The maximum absolute atomic E-state index is 11.9. The highest BCUT2D eigenvalue weighted by molar-refractivity contribution is 5.76. The van der Waals surface area contributed by atoms with Gasteiger partial charge >= 0.3 is 0 Å². The number of carbonyl (C=O) groups excluding carboxylic acids is 1. The number of aromatic nitrogens is 3. The third-order valence-corrected chi connectivity index (χ3v) is 3.58. The van der Waals surface area contributed by atoms with Crippen molar-refractivity contribution >= 4 is 5.91 Å². The molecule has 0 unspecified atom stereocenters. The van der Waals surface area contributed by atoms with Crippen molar-refractivity contribution in [3.05, 3.63) is 35.8 Å². The van der Waals surface area contributed by atoms with Crippen LogP contribution in [0.3, 0.4) is 0 Å². The molecular weight excluding hydrogens is 256 g/mol. The third-order valence-electron chi connectivity index (χ3n) is 3.58. The third kappa shape index (κ3) is 2.59. The molecule has 1 N–H and O–H groups in total. The van der Waals surface area contributed by atoms with Gasteiger partial charge in [0, 0.05) is 25.8 Å². The Morgan fingerprint density at radius 3 is 3.25 bits per heavy atom. The first-order valence-corrected chi connectivity index (χ1v) is 6.98. The Balaban J connectivity index is 1.55. The summed E-state index contributed by atoms with van der Waals surface area (Å²) in [6, 6.07) is 3.59. The summed E-state index contributed by atoms with van der Waals surface area (Å²) < 4.78 is 7.32. The minimum absolute atomic E-state index is 0.00393. The molecule has 0 radical (unpaired) electrons. The van der Waals surface area contributed by atoms with E-state index in [-0.39, 0.29) is 11.9 Å². The molecule has 1 atom stereocenters. The van der Waals surface area contributed by atoms with Crippen molar-refractivity contribution in [3.8, 4) is 0 Å². The molecule has 20 heavy (non-hydrogen) atoms. The minimum Gasteiger partial charge on any atom is -0.469 e. The predicted octanol–water partition coefficient (Wildman–Crippen LogP) is 1.63. The van der Waals surface area contributed by atoms with Crippen LogP contribution in [-0.4, -0.2) is 20.7 Å². The molecule has 1 amide bonds. The number of nitrogens with zero attached hydrogens (tertiary/aromatic N) is 3. The number of nitrogens with one attached hydrogen (secondary N) is 1. The van der Waals surface area contributed by atoms with E-state index in [9.17, 15) is 4.79 Å². The van der Waals surface area contributed by atoms with Gasteiger partial charge in [0.25, 0.3) is 0 Å². The number of furan rings is 1. The molecule has 0 aromatic carbocycles. The summed E-state index contributed by atoms with van der Waals surface area (Å²) in [7, 11) is 0. The van der Waals surface area contributed by atoms with E-state index < -0.39 is 0 Å². The molecule has 2 aromatic heterocycles. The topological polar surface area (TPSA) is 73.0 Å². The van der Waals surface area contributed by atoms with Gasteiger partial charge in [0.05, 0.1) is 12.3 Å². The van der Waals surface area contributed by atoms with Crippen LogP contribution in [0.2, 0.25) is 0 Å². The molecular formula is C14H18N4O2. The lowest BCUT2D eigenvalue weighted by atomic mass is 10.2. The maximum atomic E-state index is 11.9. The molecule has 0 saturated carbocycles. The number of hydrogen-bond acceptors (Lipinski definition) is 4. The van der Waals surface area contributed by atoms with Gasteiger partial charge in [-0.2, -0.15) is 0 Å². The smallest absolute Gasteiger partial charge is 0.221 e. The van der Waals surface area contributed by atoms with Gasteiger partial charge < -0.3 is 14.3 Å². The maximum Gasteiger partial charge on any atom is 0.221 e. The molecule has 1 aliphatic rings. The van der Waals surface area contributed by atoms with Gasteiger partial charge in [0.2, 0.25) is 5.91 Å². The second-order valence-electron chi connectivity index (χ2n) is 5.10. The molecule has 0 aliphatic carbocycles. The number of aryl methyl sites for hydroxylation is 2. The highest BCUT2D eigenvalue weighted by Gasteiger charge is 2.22. The van der Waals surface area contributed by atoms with E-state index >= 15 is 0 Å². The average Bonchev–Trinajstić information content (AvgIpc) is 3.13. The number of carbonyl (C=O) groups is 1. The van der Waals surface area contributed by atoms with Gasteiger partial charge in [-0.15, -0.1) is 10.2 Å². The number of amides is 1. The molecule has 1 aliphatic heterocycles. The number of fused-ring (bicyclic) bond motifs is 1. The zero-order chi connectivity index (χ0) is 13.9. The van der Waals surface area contributed by atoms with Gasteiger partial charge in [-0.25, -0.2) is 0 Å². The summed E-state index contributed by atoms with van der Waals surface area (Å²) in [6.07, 6.45) is 4.74. The fraction of sp³-hybridized carbons (Fsp3) is 0.500. The van der Waals surface area contributed by atoms with Gasteiger partial charge in [-0.3, -0.25) is 4.79 Å². The van der Waals surface area contributed by atoms with Gasteiger partial charge in [-0.05, 0) is 25.5 Å². The van der Waals surface area contributed by atoms with E-state index in [1.807, 2.05) is 19.1 Å². The Hall–Kier alpha value is -2.11. The summed E-state index contributed by atoms with van der Waals surface area (Å²) >= 11 is 0. The lowest BCUT2D eigenvalue weighted by molar-refractivity contribution is -0.121. The largest absolute Gasteiger partial charge is 0.469 e. The quantitative estimate of drug-likeness (QED) is 0.899. The van der Waals surface area contributed by atoms with E-state index in [1.165, 1.54) is 0 Å². The SMILES string of the molecule is C[C@@H](NC(=O)CCc1ccco1)c1nnc2n1CCC2. The van der Waals surface area contributed by atoms with Crippen LogP contribution in [0.1, 0.15) is 43.2 Å². The molecule has 0 fully saturated rings. The second kappa shape index (κ2) is 5.48. The van der Waals surface area contributed by atoms with E-state index in [4.69, 9.17) is 4.42 Å². The van der Waals surface area contributed by atoms with Gasteiger partial charge in [0.1, 0.15) is 11.6 Å². The van der Waals surface area contributed by atoms with Crippen LogP contribution in [-0.2, 0) is 24.2 Å². The highest BCUT2D eigenvalue weighted by atomic mass is 16.3. The average molecular weight is 274 g/mol. The lowest BCUT2D eigenvalue weighted by Crippen LogP contribution is -2.28. The second-order valence-corrected chi connectivity index (χ2v) is 5.10. The van der Waals surface area contributed by atoms with Gasteiger partial charge in [-0.1, -0.05) is 0 Å². The van der Waals surface area contributed by atoms with E-state index in [2.05, 4.69) is 20.1 Å². The minimum atomic E-state index is -0.113. The van der Waals surface area contributed by atoms with Crippen molar-refractivity contribution in [3.63, 3.8) is 0 Å². The van der Waals surface area contributed by atoms with Crippen LogP contribution in [0, 0.1) is 0 Å². The Morgan fingerprint density at radius 2 is 2.45 bits per heavy atom. The summed E-state index contributed by atoms with van der Waals surface area (Å²) in [5, 5.41) is 11.3. The molecule has 106 valence electrons. The molecule has 0 saturated heterocycles.